The summed E-state index contributed by atoms with van der Waals surface area (Å²) in [6.07, 6.45) is -0.603. The molecule has 0 radical (unpaired) electrons. The van der Waals surface area contributed by atoms with Crippen molar-refractivity contribution in [3.63, 3.8) is 0 Å². The van der Waals surface area contributed by atoms with Crippen LogP contribution in [0.4, 0.5) is 4.39 Å². The highest BCUT2D eigenvalue weighted by atomic mass is 35.5. The minimum atomic E-state index is -0.951. The van der Waals surface area contributed by atoms with Crippen LogP contribution in [0.25, 0.3) is 0 Å². The molecule has 0 fully saturated rings. The van der Waals surface area contributed by atoms with Gasteiger partial charge in [0.15, 0.2) is 0 Å². The molecule has 7 heteroatoms. The zero-order chi connectivity index (χ0) is 20.9. The second-order valence-electron chi connectivity index (χ2n) is 7.96. The van der Waals surface area contributed by atoms with Crippen molar-refractivity contribution in [3.05, 3.63) is 65.0 Å². The van der Waals surface area contributed by atoms with Gasteiger partial charge < -0.3 is 20.9 Å². The van der Waals surface area contributed by atoms with Crippen molar-refractivity contribution in [1.29, 1.82) is 0 Å². The molecule has 0 aliphatic rings. The van der Waals surface area contributed by atoms with Crippen LogP contribution in [0, 0.1) is 5.82 Å². The summed E-state index contributed by atoms with van der Waals surface area (Å²) in [7, 11) is 1.54. The summed E-state index contributed by atoms with van der Waals surface area (Å²) < 4.78 is 19.1. The maximum absolute atomic E-state index is 13.9. The first kappa shape index (κ1) is 24.9. The first-order chi connectivity index (χ1) is 13.1. The fraction of sp³-hybridized carbons (Fsp3) is 0.409. The van der Waals surface area contributed by atoms with E-state index in [9.17, 15) is 14.3 Å². The SMILES string of the molecule is COc1ccc(C(=O)NC(C)(C)C)c(C[C@H](O)[C@H](N)Cc2ccccc2F)c1.Cl. The molecule has 1 amide bonds. The normalized spacial score (nSPS) is 13.2. The molecular weight excluding hydrogens is 395 g/mol. The molecule has 0 saturated carbocycles. The Bertz CT molecular complexity index is 824. The lowest BCUT2D eigenvalue weighted by Crippen LogP contribution is -2.42. The molecule has 0 aromatic heterocycles. The number of carbonyl (C=O) groups excluding carboxylic acids is 1. The van der Waals surface area contributed by atoms with Gasteiger partial charge in [0.25, 0.3) is 5.91 Å². The molecule has 2 rings (SSSR count). The average Bonchev–Trinajstić information content (AvgIpc) is 2.61. The van der Waals surface area contributed by atoms with Gasteiger partial charge in [-0.25, -0.2) is 4.39 Å². The summed E-state index contributed by atoms with van der Waals surface area (Å²) >= 11 is 0. The van der Waals surface area contributed by atoms with Gasteiger partial charge in [0.05, 0.1) is 13.2 Å². The van der Waals surface area contributed by atoms with E-state index in [1.807, 2.05) is 20.8 Å². The van der Waals surface area contributed by atoms with Crippen LogP contribution in [0.1, 0.15) is 42.3 Å². The van der Waals surface area contributed by atoms with Gasteiger partial charge in [0.1, 0.15) is 11.6 Å². The number of rotatable bonds is 7. The lowest BCUT2D eigenvalue weighted by Gasteiger charge is -2.23. The van der Waals surface area contributed by atoms with Crippen molar-refractivity contribution in [1.82, 2.24) is 5.32 Å². The average molecular weight is 425 g/mol. The molecule has 2 aromatic rings. The third-order valence-electron chi connectivity index (χ3n) is 4.38. The molecule has 2 aromatic carbocycles. The lowest BCUT2D eigenvalue weighted by molar-refractivity contribution is 0.0916. The quantitative estimate of drug-likeness (QED) is 0.637. The Balaban J connectivity index is 0.00000420. The van der Waals surface area contributed by atoms with E-state index in [4.69, 9.17) is 10.5 Å². The van der Waals surface area contributed by atoms with E-state index in [1.165, 1.54) is 13.2 Å². The van der Waals surface area contributed by atoms with Crippen LogP contribution in [0.15, 0.2) is 42.5 Å². The van der Waals surface area contributed by atoms with Gasteiger partial charge >= 0.3 is 0 Å². The maximum atomic E-state index is 13.9. The van der Waals surface area contributed by atoms with Crippen molar-refractivity contribution in [2.45, 2.75) is 51.3 Å². The Morgan fingerprint density at radius 2 is 1.83 bits per heavy atom. The second-order valence-corrected chi connectivity index (χ2v) is 7.96. The van der Waals surface area contributed by atoms with Crippen molar-refractivity contribution < 1.29 is 19.0 Å². The van der Waals surface area contributed by atoms with Gasteiger partial charge in [0.2, 0.25) is 0 Å². The number of hydrogen-bond donors (Lipinski definition) is 3. The topological polar surface area (TPSA) is 84.6 Å². The Labute approximate surface area is 177 Å². The van der Waals surface area contributed by atoms with E-state index >= 15 is 0 Å². The number of aliphatic hydroxyl groups excluding tert-OH is 1. The molecule has 0 aliphatic heterocycles. The van der Waals surface area contributed by atoms with Gasteiger partial charge in [-0.3, -0.25) is 4.79 Å². The number of amides is 1. The Hall–Kier alpha value is -2.15. The minimum Gasteiger partial charge on any atom is -0.497 e. The number of halogens is 2. The molecule has 2 atom stereocenters. The number of nitrogens with one attached hydrogen (secondary N) is 1. The van der Waals surface area contributed by atoms with Crippen LogP contribution in [-0.4, -0.2) is 35.8 Å². The number of aliphatic hydroxyl groups is 1. The Morgan fingerprint density at radius 3 is 2.41 bits per heavy atom. The van der Waals surface area contributed by atoms with Crippen molar-refractivity contribution in [2.75, 3.05) is 7.11 Å². The minimum absolute atomic E-state index is 0. The van der Waals surface area contributed by atoms with E-state index in [0.717, 1.165) is 0 Å². The van der Waals surface area contributed by atoms with Gasteiger partial charge in [-0.1, -0.05) is 18.2 Å². The third-order valence-corrected chi connectivity index (χ3v) is 4.38. The highest BCUT2D eigenvalue weighted by Gasteiger charge is 2.23. The van der Waals surface area contributed by atoms with Crippen LogP contribution in [0.2, 0.25) is 0 Å². The molecule has 0 spiro atoms. The van der Waals surface area contributed by atoms with E-state index in [2.05, 4.69) is 5.32 Å². The van der Waals surface area contributed by atoms with Gasteiger partial charge in [0, 0.05) is 23.6 Å². The molecule has 0 heterocycles. The number of benzene rings is 2. The van der Waals surface area contributed by atoms with Crippen molar-refractivity contribution >= 4 is 18.3 Å². The number of methoxy groups -OCH3 is 1. The van der Waals surface area contributed by atoms with Crippen molar-refractivity contribution in [3.8, 4) is 5.75 Å². The summed E-state index contributed by atoms with van der Waals surface area (Å²) in [4.78, 5) is 12.7. The molecular formula is C22H30ClFN2O3. The molecule has 0 aliphatic carbocycles. The predicted molar refractivity (Wildman–Crippen MR) is 115 cm³/mol. The van der Waals surface area contributed by atoms with Gasteiger partial charge in [-0.15, -0.1) is 12.4 Å². The monoisotopic (exact) mass is 424 g/mol. The summed E-state index contributed by atoms with van der Waals surface area (Å²) in [6, 6.07) is 10.8. The molecule has 160 valence electrons. The molecule has 0 bridgehead atoms. The Kier molecular flexibility index (Phi) is 9.08. The van der Waals surface area contributed by atoms with E-state index in [1.54, 1.807) is 36.4 Å². The molecule has 0 unspecified atom stereocenters. The first-order valence-electron chi connectivity index (χ1n) is 9.27. The molecule has 0 saturated heterocycles. The number of hydrogen-bond acceptors (Lipinski definition) is 4. The van der Waals surface area contributed by atoms with E-state index in [-0.39, 0.29) is 37.0 Å². The van der Waals surface area contributed by atoms with E-state index in [0.29, 0.717) is 22.4 Å². The Morgan fingerprint density at radius 1 is 1.17 bits per heavy atom. The van der Waals surface area contributed by atoms with Gasteiger partial charge in [-0.2, -0.15) is 0 Å². The highest BCUT2D eigenvalue weighted by molar-refractivity contribution is 5.96. The standard InChI is InChI=1S/C22H29FN2O3.ClH/c1-22(2,3)25-21(27)17-10-9-16(28-4)11-15(17)13-20(26)19(24)12-14-7-5-6-8-18(14)23;/h5-11,19-20,26H,12-13,24H2,1-4H3,(H,25,27);1H/t19-,20+;/m1./s1. The zero-order valence-electron chi connectivity index (χ0n) is 17.2. The molecule has 4 N–H and O–H groups in total. The van der Waals surface area contributed by atoms with Crippen molar-refractivity contribution in [2.24, 2.45) is 5.73 Å². The maximum Gasteiger partial charge on any atom is 0.251 e. The smallest absolute Gasteiger partial charge is 0.251 e. The van der Waals surface area contributed by atoms with Crippen LogP contribution in [0.5, 0.6) is 5.75 Å². The first-order valence-corrected chi connectivity index (χ1v) is 9.27. The second kappa shape index (κ2) is 10.6. The summed E-state index contributed by atoms with van der Waals surface area (Å²) in [6.45, 7) is 5.69. The summed E-state index contributed by atoms with van der Waals surface area (Å²) in [5.74, 6) is -0.00557. The number of ether oxygens (including phenoxy) is 1. The highest BCUT2D eigenvalue weighted by Crippen LogP contribution is 2.21. The number of carbonyl (C=O) groups is 1. The van der Waals surface area contributed by atoms with Crippen LogP contribution in [-0.2, 0) is 12.8 Å². The zero-order valence-corrected chi connectivity index (χ0v) is 18.1. The molecule has 29 heavy (non-hydrogen) atoms. The fourth-order valence-electron chi connectivity index (χ4n) is 2.93. The number of nitrogens with two attached hydrogens (primary N) is 1. The van der Waals surface area contributed by atoms with Crippen LogP contribution < -0.4 is 15.8 Å². The van der Waals surface area contributed by atoms with Crippen LogP contribution in [0.3, 0.4) is 0 Å². The fourth-order valence-corrected chi connectivity index (χ4v) is 2.93. The summed E-state index contributed by atoms with van der Waals surface area (Å²) in [5, 5.41) is 13.5. The summed E-state index contributed by atoms with van der Waals surface area (Å²) in [5.41, 5.74) is 7.25. The predicted octanol–water partition coefficient (Wildman–Crippen LogP) is 3.26. The lowest BCUT2D eigenvalue weighted by atomic mass is 9.93. The van der Waals surface area contributed by atoms with E-state index < -0.39 is 17.7 Å². The van der Waals surface area contributed by atoms with Gasteiger partial charge in [-0.05, 0) is 62.6 Å². The van der Waals surface area contributed by atoms with Crippen LogP contribution >= 0.6 is 12.4 Å². The third kappa shape index (κ3) is 7.31. The largest absolute Gasteiger partial charge is 0.497 e. The molecule has 5 nitrogen and oxygen atoms in total.